The average Bonchev–Trinajstić information content (AvgIpc) is 2.17. The van der Waals surface area contributed by atoms with Gasteiger partial charge in [-0.3, -0.25) is 0 Å². The Hall–Kier alpha value is -1.47. The Morgan fingerprint density at radius 1 is 1.20 bits per heavy atom. The van der Waals surface area contributed by atoms with Crippen molar-refractivity contribution in [3.63, 3.8) is 0 Å². The van der Waals surface area contributed by atoms with Gasteiger partial charge < -0.3 is 15.2 Å². The van der Waals surface area contributed by atoms with Crippen molar-refractivity contribution in [2.75, 3.05) is 0 Å². The quantitative estimate of drug-likeness (QED) is 0.739. The molecule has 0 aliphatic rings. The van der Waals surface area contributed by atoms with E-state index in [9.17, 15) is 22.8 Å². The summed E-state index contributed by atoms with van der Waals surface area (Å²) in [5, 5.41) is 11.0. The fraction of sp³-hybridized carbons (Fsp3) is 0.833. The van der Waals surface area contributed by atoms with Gasteiger partial charge in [0, 0.05) is 6.42 Å². The Balaban J connectivity index is 4.18. The molecule has 0 fully saturated rings. The van der Waals surface area contributed by atoms with Crippen LogP contribution in [0.4, 0.5) is 18.0 Å². The summed E-state index contributed by atoms with van der Waals surface area (Å²) in [6.45, 7) is 4.85. The van der Waals surface area contributed by atoms with Gasteiger partial charge in [-0.2, -0.15) is 13.2 Å². The SMILES string of the molecule is CC(C)(C)OC(=O)N[C@@H](CCCCC(F)(F)F)C(=O)O. The largest absolute Gasteiger partial charge is 0.480 e. The molecular formula is C12H20F3NO4. The van der Waals surface area contributed by atoms with E-state index in [4.69, 9.17) is 9.84 Å². The molecule has 0 rings (SSSR count). The molecule has 2 N–H and O–H groups in total. The Bertz CT molecular complexity index is 337. The van der Waals surface area contributed by atoms with Crippen LogP contribution in [0.3, 0.4) is 0 Å². The van der Waals surface area contributed by atoms with E-state index in [1.54, 1.807) is 20.8 Å². The third kappa shape index (κ3) is 10.5. The number of alkyl carbamates (subject to hydrolysis) is 1. The Labute approximate surface area is 115 Å². The van der Waals surface area contributed by atoms with E-state index in [0.29, 0.717) is 0 Å². The van der Waals surface area contributed by atoms with Gasteiger partial charge in [-0.25, -0.2) is 9.59 Å². The van der Waals surface area contributed by atoms with Crippen LogP contribution >= 0.6 is 0 Å². The summed E-state index contributed by atoms with van der Waals surface area (Å²) in [6.07, 6.45) is -6.33. The number of hydrogen-bond donors (Lipinski definition) is 2. The van der Waals surface area contributed by atoms with Crippen LogP contribution in [0.25, 0.3) is 0 Å². The number of amides is 1. The second-order valence-electron chi connectivity index (χ2n) is 5.40. The van der Waals surface area contributed by atoms with Crippen molar-refractivity contribution in [3.8, 4) is 0 Å². The zero-order chi connectivity index (χ0) is 16.0. The van der Waals surface area contributed by atoms with E-state index in [0.717, 1.165) is 0 Å². The summed E-state index contributed by atoms with van der Waals surface area (Å²) in [5.41, 5.74) is -0.774. The molecular weight excluding hydrogens is 279 g/mol. The summed E-state index contributed by atoms with van der Waals surface area (Å²) < 4.78 is 40.7. The lowest BCUT2D eigenvalue weighted by Crippen LogP contribution is -2.43. The number of rotatable bonds is 6. The van der Waals surface area contributed by atoms with Crippen LogP contribution in [0.1, 0.15) is 46.5 Å². The van der Waals surface area contributed by atoms with Gasteiger partial charge in [-0.1, -0.05) is 6.42 Å². The second-order valence-corrected chi connectivity index (χ2v) is 5.40. The molecule has 20 heavy (non-hydrogen) atoms. The normalized spacial score (nSPS) is 13.7. The van der Waals surface area contributed by atoms with Crippen molar-refractivity contribution < 1.29 is 32.6 Å². The van der Waals surface area contributed by atoms with E-state index in [1.807, 2.05) is 0 Å². The highest BCUT2D eigenvalue weighted by Crippen LogP contribution is 2.23. The summed E-state index contributed by atoms with van der Waals surface area (Å²) >= 11 is 0. The van der Waals surface area contributed by atoms with Crippen LogP contribution in [0.5, 0.6) is 0 Å². The summed E-state index contributed by atoms with van der Waals surface area (Å²) in [4.78, 5) is 22.3. The first-order valence-corrected chi connectivity index (χ1v) is 6.20. The lowest BCUT2D eigenvalue weighted by atomic mass is 10.1. The molecule has 0 aliphatic heterocycles. The highest BCUT2D eigenvalue weighted by Gasteiger charge is 2.27. The van der Waals surface area contributed by atoms with Crippen molar-refractivity contribution in [3.05, 3.63) is 0 Å². The number of hydrogen-bond acceptors (Lipinski definition) is 3. The lowest BCUT2D eigenvalue weighted by Gasteiger charge is -2.22. The molecule has 0 saturated heterocycles. The molecule has 1 atom stereocenters. The molecule has 0 heterocycles. The first kappa shape index (κ1) is 18.5. The van der Waals surface area contributed by atoms with Crippen LogP contribution < -0.4 is 5.32 Å². The molecule has 0 aromatic carbocycles. The van der Waals surface area contributed by atoms with Crippen LogP contribution in [0.2, 0.25) is 0 Å². The van der Waals surface area contributed by atoms with Gasteiger partial charge in [0.15, 0.2) is 0 Å². The van der Waals surface area contributed by atoms with Gasteiger partial charge >= 0.3 is 18.2 Å². The van der Waals surface area contributed by atoms with Crippen LogP contribution in [0.15, 0.2) is 0 Å². The van der Waals surface area contributed by atoms with E-state index < -0.39 is 36.3 Å². The number of alkyl halides is 3. The van der Waals surface area contributed by atoms with Gasteiger partial charge in [0.2, 0.25) is 0 Å². The maximum atomic E-state index is 11.9. The van der Waals surface area contributed by atoms with Crippen molar-refractivity contribution in [1.29, 1.82) is 0 Å². The third-order valence-electron chi connectivity index (χ3n) is 2.19. The second kappa shape index (κ2) is 7.35. The topological polar surface area (TPSA) is 75.6 Å². The monoisotopic (exact) mass is 299 g/mol. The Morgan fingerprint density at radius 3 is 2.15 bits per heavy atom. The van der Waals surface area contributed by atoms with Crippen molar-refractivity contribution in [1.82, 2.24) is 5.32 Å². The van der Waals surface area contributed by atoms with Gasteiger partial charge in [-0.05, 0) is 33.6 Å². The van der Waals surface area contributed by atoms with E-state index in [1.165, 1.54) is 0 Å². The van der Waals surface area contributed by atoms with Gasteiger partial charge in [0.1, 0.15) is 11.6 Å². The number of carboxylic acid groups (broad SMARTS) is 1. The summed E-state index contributed by atoms with van der Waals surface area (Å²) in [7, 11) is 0. The summed E-state index contributed by atoms with van der Waals surface area (Å²) in [6, 6.07) is -1.25. The number of carbonyl (C=O) groups is 2. The zero-order valence-corrected chi connectivity index (χ0v) is 11.7. The van der Waals surface area contributed by atoms with E-state index >= 15 is 0 Å². The third-order valence-corrected chi connectivity index (χ3v) is 2.19. The van der Waals surface area contributed by atoms with Crippen LogP contribution in [0, 0.1) is 0 Å². The van der Waals surface area contributed by atoms with Crippen LogP contribution in [-0.4, -0.2) is 35.0 Å². The minimum atomic E-state index is -4.25. The number of carbonyl (C=O) groups excluding carboxylic acids is 1. The van der Waals surface area contributed by atoms with Gasteiger partial charge in [0.05, 0.1) is 0 Å². The molecule has 118 valence electrons. The molecule has 0 bridgehead atoms. The fourth-order valence-electron chi connectivity index (χ4n) is 1.38. The number of unbranched alkanes of at least 4 members (excludes halogenated alkanes) is 1. The Morgan fingerprint density at radius 2 is 1.75 bits per heavy atom. The zero-order valence-electron chi connectivity index (χ0n) is 11.7. The molecule has 0 unspecified atom stereocenters. The fourth-order valence-corrected chi connectivity index (χ4v) is 1.38. The highest BCUT2D eigenvalue weighted by molar-refractivity contribution is 5.79. The molecule has 1 amide bonds. The average molecular weight is 299 g/mol. The molecule has 0 aliphatic carbocycles. The smallest absolute Gasteiger partial charge is 0.408 e. The molecule has 0 spiro atoms. The predicted molar refractivity (Wildman–Crippen MR) is 65.3 cm³/mol. The number of aliphatic carboxylic acids is 1. The van der Waals surface area contributed by atoms with E-state index in [-0.39, 0.29) is 19.3 Å². The number of ether oxygens (including phenoxy) is 1. The van der Waals surface area contributed by atoms with Gasteiger partial charge in [0.25, 0.3) is 0 Å². The number of nitrogens with one attached hydrogen (secondary N) is 1. The predicted octanol–water partition coefficient (Wildman–Crippen LogP) is 3.09. The number of carboxylic acids is 1. The Kier molecular flexibility index (Phi) is 6.81. The van der Waals surface area contributed by atoms with Crippen LogP contribution in [-0.2, 0) is 9.53 Å². The maximum absolute atomic E-state index is 11.9. The molecule has 0 saturated carbocycles. The lowest BCUT2D eigenvalue weighted by molar-refractivity contribution is -0.139. The molecule has 0 aromatic rings. The highest BCUT2D eigenvalue weighted by atomic mass is 19.4. The van der Waals surface area contributed by atoms with Crippen molar-refractivity contribution >= 4 is 12.1 Å². The number of halogens is 3. The molecule has 8 heteroatoms. The van der Waals surface area contributed by atoms with Gasteiger partial charge in [-0.15, -0.1) is 0 Å². The minimum Gasteiger partial charge on any atom is -0.480 e. The molecule has 0 radical (unpaired) electrons. The molecule has 5 nitrogen and oxygen atoms in total. The maximum Gasteiger partial charge on any atom is 0.408 e. The first-order valence-electron chi connectivity index (χ1n) is 6.20. The van der Waals surface area contributed by atoms with E-state index in [2.05, 4.69) is 5.32 Å². The summed E-state index contributed by atoms with van der Waals surface area (Å²) in [5.74, 6) is -1.30. The minimum absolute atomic E-state index is 0.0479. The van der Waals surface area contributed by atoms with Crippen molar-refractivity contribution in [2.24, 2.45) is 0 Å². The molecule has 0 aromatic heterocycles. The first-order chi connectivity index (χ1) is 8.91. The standard InChI is InChI=1S/C12H20F3NO4/c1-11(2,3)20-10(19)16-8(9(17)18)6-4-5-7-12(13,14)15/h8H,4-7H2,1-3H3,(H,16,19)(H,17,18)/t8-/m0/s1. The van der Waals surface area contributed by atoms with Crippen molar-refractivity contribution in [2.45, 2.75) is 64.3 Å².